The van der Waals surface area contributed by atoms with E-state index < -0.39 is 5.97 Å². The molecule has 0 spiro atoms. The Morgan fingerprint density at radius 3 is 2.21 bits per heavy atom. The summed E-state index contributed by atoms with van der Waals surface area (Å²) >= 11 is 0. The standard InChI is InChI=1S/C16H21N3O5/c1-11(17-22-4)12(2)18-24-10-13-8-6-7-9-14(13)15(19-23-5)16(20)21-3/h6-9H,10H2,1-5H3/b17-11-,18-12-,19-15-. The zero-order valence-electron chi connectivity index (χ0n) is 14.4. The SMILES string of the molecule is CO/N=C(C)\C(C)=N/OCc1ccccc1/C(=N/OC)C(=O)OC. The lowest BCUT2D eigenvalue weighted by Crippen LogP contribution is -2.19. The minimum atomic E-state index is -0.605. The molecule has 0 amide bonds. The number of benzene rings is 1. The fraction of sp³-hybridized carbons (Fsp3) is 0.375. The molecule has 8 nitrogen and oxygen atoms in total. The van der Waals surface area contributed by atoms with E-state index in [2.05, 4.69) is 20.3 Å². The molecule has 1 aromatic rings. The van der Waals surface area contributed by atoms with Gasteiger partial charge in [0, 0.05) is 11.1 Å². The summed E-state index contributed by atoms with van der Waals surface area (Å²) in [6, 6.07) is 7.11. The molecule has 1 aromatic carbocycles. The molecular formula is C16H21N3O5. The van der Waals surface area contributed by atoms with E-state index in [1.807, 2.05) is 6.07 Å². The maximum atomic E-state index is 11.9. The number of carbonyl (C=O) groups is 1. The summed E-state index contributed by atoms with van der Waals surface area (Å²) in [7, 11) is 4.09. The smallest absolute Gasteiger partial charge is 0.360 e. The molecule has 0 aliphatic heterocycles. The third kappa shape index (κ3) is 5.38. The number of oxime groups is 3. The molecule has 0 bridgehead atoms. The van der Waals surface area contributed by atoms with Crippen LogP contribution in [0.5, 0.6) is 0 Å². The minimum Gasteiger partial charge on any atom is -0.464 e. The highest BCUT2D eigenvalue weighted by Gasteiger charge is 2.19. The Hall–Kier alpha value is -2.90. The molecule has 24 heavy (non-hydrogen) atoms. The van der Waals surface area contributed by atoms with E-state index in [1.165, 1.54) is 21.3 Å². The Balaban J connectivity index is 2.99. The number of hydrogen-bond acceptors (Lipinski definition) is 8. The van der Waals surface area contributed by atoms with E-state index in [1.54, 1.807) is 32.0 Å². The monoisotopic (exact) mass is 335 g/mol. The Morgan fingerprint density at radius 2 is 1.58 bits per heavy atom. The van der Waals surface area contributed by atoms with Crippen LogP contribution in [0.15, 0.2) is 39.7 Å². The second kappa shape index (κ2) is 9.98. The predicted molar refractivity (Wildman–Crippen MR) is 90.0 cm³/mol. The molecule has 8 heteroatoms. The third-order valence-corrected chi connectivity index (χ3v) is 3.01. The van der Waals surface area contributed by atoms with Crippen molar-refractivity contribution in [2.24, 2.45) is 15.5 Å². The molecule has 1 rings (SSSR count). The van der Waals surface area contributed by atoms with Crippen LogP contribution in [-0.4, -0.2) is 44.4 Å². The summed E-state index contributed by atoms with van der Waals surface area (Å²) in [5, 5.41) is 11.5. The van der Waals surface area contributed by atoms with Crippen LogP contribution in [0.2, 0.25) is 0 Å². The second-order valence-electron chi connectivity index (χ2n) is 4.58. The maximum absolute atomic E-state index is 11.9. The first-order valence-electron chi connectivity index (χ1n) is 7.07. The van der Waals surface area contributed by atoms with Gasteiger partial charge in [-0.25, -0.2) is 4.79 Å². The number of esters is 1. The normalized spacial score (nSPS) is 12.6. The van der Waals surface area contributed by atoms with Crippen molar-refractivity contribution in [1.82, 2.24) is 0 Å². The van der Waals surface area contributed by atoms with Crippen molar-refractivity contribution >= 4 is 23.1 Å². The van der Waals surface area contributed by atoms with Crippen LogP contribution in [-0.2, 0) is 30.7 Å². The second-order valence-corrected chi connectivity index (χ2v) is 4.58. The molecule has 0 aliphatic carbocycles. The van der Waals surface area contributed by atoms with Gasteiger partial charge < -0.3 is 19.2 Å². The first kappa shape index (κ1) is 19.1. The zero-order valence-corrected chi connectivity index (χ0v) is 14.4. The number of carbonyl (C=O) groups excluding carboxylic acids is 1. The van der Waals surface area contributed by atoms with E-state index in [9.17, 15) is 4.79 Å². The van der Waals surface area contributed by atoms with Crippen LogP contribution in [0, 0.1) is 0 Å². The fourth-order valence-electron chi connectivity index (χ4n) is 1.73. The predicted octanol–water partition coefficient (Wildman–Crippen LogP) is 2.12. The first-order chi connectivity index (χ1) is 11.5. The van der Waals surface area contributed by atoms with Crippen LogP contribution in [0.4, 0.5) is 0 Å². The van der Waals surface area contributed by atoms with Crippen LogP contribution in [0.3, 0.4) is 0 Å². The van der Waals surface area contributed by atoms with Gasteiger partial charge in [-0.05, 0) is 13.8 Å². The molecule has 0 N–H and O–H groups in total. The van der Waals surface area contributed by atoms with Crippen LogP contribution < -0.4 is 0 Å². The number of rotatable bonds is 8. The van der Waals surface area contributed by atoms with Crippen molar-refractivity contribution in [3.63, 3.8) is 0 Å². The van der Waals surface area contributed by atoms with Gasteiger partial charge in [-0.15, -0.1) is 0 Å². The summed E-state index contributed by atoms with van der Waals surface area (Å²) in [6.07, 6.45) is 0. The number of nitrogens with zero attached hydrogens (tertiary/aromatic N) is 3. The minimum absolute atomic E-state index is 0.0528. The van der Waals surface area contributed by atoms with E-state index in [0.717, 1.165) is 0 Å². The average molecular weight is 335 g/mol. The average Bonchev–Trinajstić information content (AvgIpc) is 2.59. The van der Waals surface area contributed by atoms with E-state index in [0.29, 0.717) is 22.6 Å². The maximum Gasteiger partial charge on any atom is 0.360 e. The molecule has 0 unspecified atom stereocenters. The zero-order chi connectivity index (χ0) is 17.9. The van der Waals surface area contributed by atoms with Crippen molar-refractivity contribution in [2.75, 3.05) is 21.3 Å². The molecule has 0 radical (unpaired) electrons. The highest BCUT2D eigenvalue weighted by molar-refractivity contribution is 6.43. The van der Waals surface area contributed by atoms with Gasteiger partial charge in [0.05, 0.1) is 7.11 Å². The van der Waals surface area contributed by atoms with E-state index in [-0.39, 0.29) is 12.3 Å². The topological polar surface area (TPSA) is 91.1 Å². The Labute approximate surface area is 140 Å². The van der Waals surface area contributed by atoms with Gasteiger partial charge in [-0.3, -0.25) is 0 Å². The number of hydrogen-bond donors (Lipinski definition) is 0. The molecule has 0 atom stereocenters. The highest BCUT2D eigenvalue weighted by atomic mass is 16.6. The lowest BCUT2D eigenvalue weighted by molar-refractivity contribution is -0.132. The van der Waals surface area contributed by atoms with Gasteiger partial charge >= 0.3 is 5.97 Å². The highest BCUT2D eigenvalue weighted by Crippen LogP contribution is 2.13. The van der Waals surface area contributed by atoms with Crippen molar-refractivity contribution in [2.45, 2.75) is 20.5 Å². The third-order valence-electron chi connectivity index (χ3n) is 3.01. The Bertz CT molecular complexity index is 653. The molecule has 0 heterocycles. The molecule has 0 aromatic heterocycles. The van der Waals surface area contributed by atoms with Crippen molar-refractivity contribution in [1.29, 1.82) is 0 Å². The quantitative estimate of drug-likeness (QED) is 0.412. The van der Waals surface area contributed by atoms with Crippen molar-refractivity contribution in [3.8, 4) is 0 Å². The molecule has 0 saturated carbocycles. The molecule has 0 aliphatic rings. The first-order valence-corrected chi connectivity index (χ1v) is 7.07. The number of ether oxygens (including phenoxy) is 1. The van der Waals surface area contributed by atoms with Gasteiger partial charge in [-0.2, -0.15) is 0 Å². The Kier molecular flexibility index (Phi) is 7.97. The molecule has 0 saturated heterocycles. The summed E-state index contributed by atoms with van der Waals surface area (Å²) in [6.45, 7) is 3.63. The van der Waals surface area contributed by atoms with Gasteiger partial charge in [0.25, 0.3) is 0 Å². The summed E-state index contributed by atoms with van der Waals surface area (Å²) in [5.74, 6) is -0.605. The summed E-state index contributed by atoms with van der Waals surface area (Å²) in [5.41, 5.74) is 2.48. The van der Waals surface area contributed by atoms with Crippen LogP contribution >= 0.6 is 0 Å². The van der Waals surface area contributed by atoms with Gasteiger partial charge in [0.15, 0.2) is 5.71 Å². The fourth-order valence-corrected chi connectivity index (χ4v) is 1.73. The van der Waals surface area contributed by atoms with E-state index in [4.69, 9.17) is 14.4 Å². The number of methoxy groups -OCH3 is 1. The summed E-state index contributed by atoms with van der Waals surface area (Å²) in [4.78, 5) is 26.6. The van der Waals surface area contributed by atoms with Gasteiger partial charge in [0.1, 0.15) is 32.2 Å². The summed E-state index contributed by atoms with van der Waals surface area (Å²) < 4.78 is 4.73. The van der Waals surface area contributed by atoms with Crippen molar-refractivity contribution < 1.29 is 24.0 Å². The van der Waals surface area contributed by atoms with Gasteiger partial charge in [0.2, 0.25) is 0 Å². The van der Waals surface area contributed by atoms with Gasteiger partial charge in [-0.1, -0.05) is 39.7 Å². The largest absolute Gasteiger partial charge is 0.464 e. The molecular weight excluding hydrogens is 314 g/mol. The van der Waals surface area contributed by atoms with Crippen LogP contribution in [0.25, 0.3) is 0 Å². The van der Waals surface area contributed by atoms with Crippen LogP contribution in [0.1, 0.15) is 25.0 Å². The lowest BCUT2D eigenvalue weighted by Gasteiger charge is -2.09. The molecule has 0 fully saturated rings. The van der Waals surface area contributed by atoms with Crippen molar-refractivity contribution in [3.05, 3.63) is 35.4 Å². The lowest BCUT2D eigenvalue weighted by atomic mass is 10.0. The Morgan fingerprint density at radius 1 is 0.958 bits per heavy atom. The molecule has 130 valence electrons. The van der Waals surface area contributed by atoms with E-state index >= 15 is 0 Å².